The molecule has 1 unspecified atom stereocenters. The highest BCUT2D eigenvalue weighted by Gasteiger charge is 2.19. The van der Waals surface area contributed by atoms with E-state index in [1.165, 1.54) is 6.07 Å². The van der Waals surface area contributed by atoms with Crippen molar-refractivity contribution in [2.45, 2.75) is 19.0 Å². The van der Waals surface area contributed by atoms with E-state index >= 15 is 0 Å². The van der Waals surface area contributed by atoms with Crippen LogP contribution < -0.4 is 0 Å². The van der Waals surface area contributed by atoms with Crippen LogP contribution in [-0.4, -0.2) is 10.6 Å². The van der Waals surface area contributed by atoms with E-state index in [2.05, 4.69) is 0 Å². The minimum Gasteiger partial charge on any atom is -0.423 e. The van der Waals surface area contributed by atoms with E-state index in [0.29, 0.717) is 12.5 Å². The molecule has 0 aromatic heterocycles. The van der Waals surface area contributed by atoms with Gasteiger partial charge >= 0.3 is 0 Å². The summed E-state index contributed by atoms with van der Waals surface area (Å²) in [7, 11) is 0. The molecule has 0 radical (unpaired) electrons. The molecular weight excluding hydrogens is 317 g/mol. The molecule has 0 fully saturated rings. The topological polar surface area (TPSA) is 20.2 Å². The molecule has 0 saturated heterocycles. The second-order valence-corrected chi connectivity index (χ2v) is 13.1. The summed E-state index contributed by atoms with van der Waals surface area (Å²) in [5.41, 5.74) is 0.730. The smallest absolute Gasteiger partial charge is 0.252 e. The highest BCUT2D eigenvalue weighted by Crippen LogP contribution is 2.18. The summed E-state index contributed by atoms with van der Waals surface area (Å²) >= 11 is 2.05. The van der Waals surface area contributed by atoms with Crippen molar-refractivity contribution in [1.82, 2.24) is 0 Å². The summed E-state index contributed by atoms with van der Waals surface area (Å²) in [5, 5.41) is 0. The van der Waals surface area contributed by atoms with Gasteiger partial charge in [0, 0.05) is 0 Å². The molecule has 78 valence electrons. The van der Waals surface area contributed by atoms with Gasteiger partial charge in [-0.2, -0.15) is 0 Å². The minimum absolute atomic E-state index is 0.597. The van der Waals surface area contributed by atoms with Gasteiger partial charge in [-0.3, -0.25) is 0 Å². The standard InChI is InChI=1S/C9H11F2IOSi/c1-14(12,13)5-4-7-2-3-8(10)9(11)6-7/h2-3,6,13H,4-5H2,1H3. The van der Waals surface area contributed by atoms with E-state index in [-0.39, 0.29) is 0 Å². The molecule has 0 spiro atoms. The van der Waals surface area contributed by atoms with Gasteiger partial charge in [-0.15, -0.1) is 0 Å². The van der Waals surface area contributed by atoms with Crippen molar-refractivity contribution in [3.05, 3.63) is 35.4 Å². The van der Waals surface area contributed by atoms with Gasteiger partial charge in [-0.25, -0.2) is 8.78 Å². The monoisotopic (exact) mass is 328 g/mol. The lowest BCUT2D eigenvalue weighted by Crippen LogP contribution is -2.20. The van der Waals surface area contributed by atoms with Crippen molar-refractivity contribution in [3.8, 4) is 0 Å². The Balaban J connectivity index is 2.65. The molecule has 0 aliphatic carbocycles. The molecule has 1 atom stereocenters. The molecule has 0 heterocycles. The molecule has 1 N–H and O–H groups in total. The predicted octanol–water partition coefficient (Wildman–Crippen LogP) is 3.01. The van der Waals surface area contributed by atoms with Crippen molar-refractivity contribution in [3.63, 3.8) is 0 Å². The predicted molar refractivity (Wildman–Crippen MR) is 62.7 cm³/mol. The lowest BCUT2D eigenvalue weighted by Gasteiger charge is -2.11. The first kappa shape index (κ1) is 12.1. The Kier molecular flexibility index (Phi) is 4.02. The first-order valence-corrected chi connectivity index (χ1v) is 10.0. The Morgan fingerprint density at radius 1 is 1.36 bits per heavy atom. The summed E-state index contributed by atoms with van der Waals surface area (Å²) in [4.78, 5) is 9.56. The Morgan fingerprint density at radius 3 is 2.50 bits per heavy atom. The largest absolute Gasteiger partial charge is 0.423 e. The highest BCUT2D eigenvalue weighted by atomic mass is 127. The van der Waals surface area contributed by atoms with Crippen LogP contribution >= 0.6 is 21.8 Å². The van der Waals surface area contributed by atoms with Crippen LogP contribution in [0.3, 0.4) is 0 Å². The zero-order valence-electron chi connectivity index (χ0n) is 7.73. The lowest BCUT2D eigenvalue weighted by molar-refractivity contribution is 0.507. The molecule has 0 amide bonds. The molecule has 5 heteroatoms. The zero-order valence-corrected chi connectivity index (χ0v) is 10.9. The first-order chi connectivity index (χ1) is 6.38. The Labute approximate surface area is 95.5 Å². The van der Waals surface area contributed by atoms with E-state index in [0.717, 1.165) is 11.6 Å². The minimum atomic E-state index is -2.12. The second kappa shape index (κ2) is 4.67. The van der Waals surface area contributed by atoms with Crippen molar-refractivity contribution in [2.24, 2.45) is 0 Å². The summed E-state index contributed by atoms with van der Waals surface area (Å²) < 4.78 is 25.3. The van der Waals surface area contributed by atoms with E-state index in [1.807, 2.05) is 28.3 Å². The van der Waals surface area contributed by atoms with E-state index in [4.69, 9.17) is 0 Å². The van der Waals surface area contributed by atoms with E-state index in [9.17, 15) is 13.6 Å². The van der Waals surface area contributed by atoms with Crippen molar-refractivity contribution in [2.75, 3.05) is 0 Å². The summed E-state index contributed by atoms with van der Waals surface area (Å²) in [5.74, 6) is -3.77. The van der Waals surface area contributed by atoms with E-state index < -0.39 is 17.4 Å². The average molecular weight is 328 g/mol. The van der Waals surface area contributed by atoms with Crippen LogP contribution in [0.2, 0.25) is 12.6 Å². The molecule has 1 aromatic rings. The van der Waals surface area contributed by atoms with Crippen LogP contribution in [0.4, 0.5) is 8.78 Å². The van der Waals surface area contributed by atoms with Crippen LogP contribution in [0.5, 0.6) is 0 Å². The second-order valence-electron chi connectivity index (χ2n) is 3.39. The third kappa shape index (κ3) is 4.01. The summed E-state index contributed by atoms with van der Waals surface area (Å²) in [6.45, 7) is 1.81. The molecule has 14 heavy (non-hydrogen) atoms. The number of halogens is 3. The lowest BCUT2D eigenvalue weighted by atomic mass is 10.2. The number of aryl methyl sites for hydroxylation is 1. The van der Waals surface area contributed by atoms with Crippen molar-refractivity contribution < 1.29 is 13.6 Å². The van der Waals surface area contributed by atoms with Crippen LogP contribution in [0.1, 0.15) is 5.56 Å². The van der Waals surface area contributed by atoms with Gasteiger partial charge in [-0.1, -0.05) is 27.9 Å². The van der Waals surface area contributed by atoms with Gasteiger partial charge in [0.2, 0.25) is 0 Å². The molecule has 0 aliphatic rings. The van der Waals surface area contributed by atoms with Crippen LogP contribution in [0.15, 0.2) is 18.2 Å². The maximum absolute atomic E-state index is 12.8. The zero-order chi connectivity index (χ0) is 10.8. The third-order valence-electron chi connectivity index (χ3n) is 1.85. The maximum Gasteiger partial charge on any atom is 0.252 e. The number of benzene rings is 1. The molecular formula is C9H11F2IOSi. The molecule has 1 nitrogen and oxygen atoms in total. The van der Waals surface area contributed by atoms with Gasteiger partial charge in [0.1, 0.15) is 0 Å². The molecule has 1 aromatic carbocycles. The van der Waals surface area contributed by atoms with Crippen LogP contribution in [-0.2, 0) is 6.42 Å². The van der Waals surface area contributed by atoms with Gasteiger partial charge < -0.3 is 4.80 Å². The maximum atomic E-state index is 12.8. The number of rotatable bonds is 3. The normalized spacial score (nSPS) is 15.2. The van der Waals surface area contributed by atoms with Crippen LogP contribution in [0, 0.1) is 11.6 Å². The van der Waals surface area contributed by atoms with Crippen molar-refractivity contribution in [1.29, 1.82) is 0 Å². The quantitative estimate of drug-likeness (QED) is 0.514. The molecule has 0 aliphatic heterocycles. The van der Waals surface area contributed by atoms with Gasteiger partial charge in [0.05, 0.1) is 0 Å². The Morgan fingerprint density at radius 2 is 2.00 bits per heavy atom. The summed E-state index contributed by atoms with van der Waals surface area (Å²) in [6, 6.07) is 4.51. The summed E-state index contributed by atoms with van der Waals surface area (Å²) in [6.07, 6.45) is 0.597. The van der Waals surface area contributed by atoms with Gasteiger partial charge in [-0.05, 0) is 36.7 Å². The first-order valence-electron chi connectivity index (χ1n) is 4.24. The van der Waals surface area contributed by atoms with E-state index in [1.54, 1.807) is 6.07 Å². The average Bonchev–Trinajstić information content (AvgIpc) is 2.06. The fraction of sp³-hybridized carbons (Fsp3) is 0.333. The third-order valence-corrected chi connectivity index (χ3v) is 4.63. The van der Waals surface area contributed by atoms with Gasteiger partial charge in [0.25, 0.3) is 5.81 Å². The number of hydrogen-bond acceptors (Lipinski definition) is 1. The van der Waals surface area contributed by atoms with Crippen LogP contribution in [0.25, 0.3) is 0 Å². The SMILES string of the molecule is C[Si](O)(I)CCc1ccc(F)c(F)c1. The van der Waals surface area contributed by atoms with Gasteiger partial charge in [0.15, 0.2) is 11.6 Å². The molecule has 0 bridgehead atoms. The fourth-order valence-electron chi connectivity index (χ4n) is 1.07. The Hall–Kier alpha value is -0.0131. The Bertz CT molecular complexity index is 325. The fourth-order valence-corrected chi connectivity index (χ4v) is 2.62. The molecule has 1 rings (SSSR count). The molecule has 0 saturated carbocycles. The highest BCUT2D eigenvalue weighted by molar-refractivity contribution is 14.1. The number of hydrogen-bond donors (Lipinski definition) is 1. The van der Waals surface area contributed by atoms with Crippen molar-refractivity contribution >= 4 is 27.6 Å².